The Morgan fingerprint density at radius 3 is 1.35 bits per heavy atom. The number of hydrogen-bond acceptors (Lipinski definition) is 2. The molecule has 4 rings (SSSR count). The fraction of sp³-hybridized carbons (Fsp3) is 0.172. The number of benzene rings is 4. The van der Waals surface area contributed by atoms with Gasteiger partial charge >= 0.3 is 0 Å². The van der Waals surface area contributed by atoms with Gasteiger partial charge in [0.25, 0.3) is 0 Å². The molecule has 0 saturated heterocycles. The maximum atomic E-state index is 6.07. The molecular formula is C29H28O2. The molecule has 0 spiro atoms. The van der Waals surface area contributed by atoms with Gasteiger partial charge < -0.3 is 9.47 Å². The molecule has 0 unspecified atom stereocenters. The van der Waals surface area contributed by atoms with Gasteiger partial charge in [-0.25, -0.2) is 0 Å². The van der Waals surface area contributed by atoms with Crippen LogP contribution in [0.1, 0.15) is 30.5 Å². The van der Waals surface area contributed by atoms with Crippen LogP contribution in [0.3, 0.4) is 0 Å². The van der Waals surface area contributed by atoms with Gasteiger partial charge in [0.15, 0.2) is 0 Å². The van der Waals surface area contributed by atoms with Crippen molar-refractivity contribution in [3.8, 4) is 28.4 Å². The summed E-state index contributed by atoms with van der Waals surface area (Å²) >= 11 is 0. The molecule has 2 heteroatoms. The second-order valence-corrected chi connectivity index (χ2v) is 8.37. The molecular weight excluding hydrogens is 380 g/mol. The van der Waals surface area contributed by atoms with Crippen LogP contribution in [-0.4, -0.2) is 7.11 Å². The highest BCUT2D eigenvalue weighted by atomic mass is 16.5. The lowest BCUT2D eigenvalue weighted by molar-refractivity contribution is 0.415. The van der Waals surface area contributed by atoms with E-state index in [1.54, 1.807) is 7.11 Å². The van der Waals surface area contributed by atoms with Gasteiger partial charge in [-0.3, -0.25) is 0 Å². The van der Waals surface area contributed by atoms with Gasteiger partial charge in [-0.1, -0.05) is 80.1 Å². The molecule has 31 heavy (non-hydrogen) atoms. The summed E-state index contributed by atoms with van der Waals surface area (Å²) in [6.07, 6.45) is 0. The van der Waals surface area contributed by atoms with Crippen LogP contribution in [0.2, 0.25) is 0 Å². The first-order valence-electron chi connectivity index (χ1n) is 10.6. The Bertz CT molecular complexity index is 1120. The van der Waals surface area contributed by atoms with E-state index in [0.29, 0.717) is 0 Å². The monoisotopic (exact) mass is 408 g/mol. The van der Waals surface area contributed by atoms with Crippen molar-refractivity contribution in [1.82, 2.24) is 0 Å². The minimum Gasteiger partial charge on any atom is -0.497 e. The van der Waals surface area contributed by atoms with E-state index in [-0.39, 0.29) is 5.41 Å². The van der Waals surface area contributed by atoms with Gasteiger partial charge in [-0.05, 0) is 65.6 Å². The molecule has 0 bridgehead atoms. The predicted octanol–water partition coefficient (Wildman–Crippen LogP) is 7.79. The highest BCUT2D eigenvalue weighted by molar-refractivity contribution is 5.65. The van der Waals surface area contributed by atoms with Crippen LogP contribution in [0.4, 0.5) is 0 Å². The summed E-state index contributed by atoms with van der Waals surface area (Å²) in [5.74, 6) is 2.51. The standard InChI is InChI=1S/C29H28O2/c1-21-5-11-24(12-6-21)29(2,3)25-13-19-28(20-14-25)31-27-17-9-23(10-18-27)22-7-15-26(30-4)16-8-22/h5-20H,1-4H3. The summed E-state index contributed by atoms with van der Waals surface area (Å²) in [6.45, 7) is 6.63. The summed E-state index contributed by atoms with van der Waals surface area (Å²) in [7, 11) is 1.68. The van der Waals surface area contributed by atoms with Crippen LogP contribution in [0.25, 0.3) is 11.1 Å². The summed E-state index contributed by atoms with van der Waals surface area (Å²) < 4.78 is 11.3. The number of aryl methyl sites for hydroxylation is 1. The Labute approximate surface area is 185 Å². The molecule has 0 atom stereocenters. The molecule has 2 nitrogen and oxygen atoms in total. The molecule has 4 aromatic carbocycles. The van der Waals surface area contributed by atoms with E-state index in [1.165, 1.54) is 16.7 Å². The summed E-state index contributed by atoms with van der Waals surface area (Å²) in [5.41, 5.74) is 6.08. The Balaban J connectivity index is 1.46. The fourth-order valence-corrected chi connectivity index (χ4v) is 3.71. The van der Waals surface area contributed by atoms with Crippen molar-refractivity contribution in [2.75, 3.05) is 7.11 Å². The third-order valence-corrected chi connectivity index (χ3v) is 5.86. The maximum absolute atomic E-state index is 6.07. The van der Waals surface area contributed by atoms with Crippen LogP contribution in [0.5, 0.6) is 17.2 Å². The molecule has 0 heterocycles. The van der Waals surface area contributed by atoms with Gasteiger partial charge in [0.05, 0.1) is 7.11 Å². The lowest BCUT2D eigenvalue weighted by Crippen LogP contribution is -2.18. The highest BCUT2D eigenvalue weighted by Crippen LogP contribution is 2.33. The molecule has 0 aromatic heterocycles. The van der Waals surface area contributed by atoms with Crippen molar-refractivity contribution in [1.29, 1.82) is 0 Å². The second kappa shape index (κ2) is 8.69. The van der Waals surface area contributed by atoms with Crippen LogP contribution in [0, 0.1) is 6.92 Å². The highest BCUT2D eigenvalue weighted by Gasteiger charge is 2.22. The lowest BCUT2D eigenvalue weighted by Gasteiger charge is -2.26. The van der Waals surface area contributed by atoms with E-state index in [4.69, 9.17) is 9.47 Å². The number of rotatable bonds is 6. The smallest absolute Gasteiger partial charge is 0.127 e. The van der Waals surface area contributed by atoms with Crippen molar-refractivity contribution >= 4 is 0 Å². The Hall–Kier alpha value is -3.52. The van der Waals surface area contributed by atoms with Crippen LogP contribution in [-0.2, 0) is 5.41 Å². The molecule has 0 saturated carbocycles. The fourth-order valence-electron chi connectivity index (χ4n) is 3.71. The summed E-state index contributed by atoms with van der Waals surface area (Å²) in [5, 5.41) is 0. The molecule has 0 aliphatic rings. The van der Waals surface area contributed by atoms with Crippen molar-refractivity contribution in [2.45, 2.75) is 26.2 Å². The van der Waals surface area contributed by atoms with Gasteiger partial charge in [-0.2, -0.15) is 0 Å². The second-order valence-electron chi connectivity index (χ2n) is 8.37. The minimum atomic E-state index is -0.0633. The van der Waals surface area contributed by atoms with E-state index < -0.39 is 0 Å². The largest absolute Gasteiger partial charge is 0.497 e. The molecule has 156 valence electrons. The molecule has 0 aliphatic carbocycles. The minimum absolute atomic E-state index is 0.0633. The molecule has 0 radical (unpaired) electrons. The average molecular weight is 409 g/mol. The Morgan fingerprint density at radius 1 is 0.516 bits per heavy atom. The van der Waals surface area contributed by atoms with Crippen LogP contribution >= 0.6 is 0 Å². The first-order chi connectivity index (χ1) is 15.0. The van der Waals surface area contributed by atoms with E-state index in [9.17, 15) is 0 Å². The first kappa shape index (κ1) is 20.7. The molecule has 0 fully saturated rings. The predicted molar refractivity (Wildman–Crippen MR) is 128 cm³/mol. The van der Waals surface area contributed by atoms with Crippen molar-refractivity contribution in [3.05, 3.63) is 114 Å². The molecule has 0 N–H and O–H groups in total. The van der Waals surface area contributed by atoms with Gasteiger partial charge in [0, 0.05) is 5.41 Å². The van der Waals surface area contributed by atoms with Gasteiger partial charge in [0.1, 0.15) is 17.2 Å². The van der Waals surface area contributed by atoms with Crippen LogP contribution < -0.4 is 9.47 Å². The maximum Gasteiger partial charge on any atom is 0.127 e. The quantitative estimate of drug-likeness (QED) is 0.324. The number of hydrogen-bond donors (Lipinski definition) is 0. The van der Waals surface area contributed by atoms with Crippen molar-refractivity contribution in [3.63, 3.8) is 0 Å². The normalized spacial score (nSPS) is 11.2. The summed E-state index contributed by atoms with van der Waals surface area (Å²) in [4.78, 5) is 0. The topological polar surface area (TPSA) is 18.5 Å². The zero-order valence-corrected chi connectivity index (χ0v) is 18.6. The zero-order chi connectivity index (χ0) is 21.8. The molecule has 0 amide bonds. The SMILES string of the molecule is COc1ccc(-c2ccc(Oc3ccc(C(C)(C)c4ccc(C)cc4)cc3)cc2)cc1. The average Bonchev–Trinajstić information content (AvgIpc) is 2.80. The van der Waals surface area contributed by atoms with E-state index >= 15 is 0 Å². The first-order valence-corrected chi connectivity index (χ1v) is 10.6. The van der Waals surface area contributed by atoms with Crippen molar-refractivity contribution < 1.29 is 9.47 Å². The lowest BCUT2D eigenvalue weighted by atomic mass is 9.78. The molecule has 4 aromatic rings. The number of methoxy groups -OCH3 is 1. The molecule has 0 aliphatic heterocycles. The Kier molecular flexibility index (Phi) is 5.81. The van der Waals surface area contributed by atoms with Gasteiger partial charge in [0.2, 0.25) is 0 Å². The summed E-state index contributed by atoms with van der Waals surface area (Å²) in [6, 6.07) is 33.4. The third kappa shape index (κ3) is 4.64. The van der Waals surface area contributed by atoms with Gasteiger partial charge in [-0.15, -0.1) is 0 Å². The van der Waals surface area contributed by atoms with E-state index in [1.807, 2.05) is 36.4 Å². The van der Waals surface area contributed by atoms with Crippen molar-refractivity contribution in [2.24, 2.45) is 0 Å². The number of ether oxygens (including phenoxy) is 2. The van der Waals surface area contributed by atoms with E-state index in [0.717, 1.165) is 28.4 Å². The zero-order valence-electron chi connectivity index (χ0n) is 18.6. The van der Waals surface area contributed by atoms with E-state index in [2.05, 4.69) is 81.4 Å². The van der Waals surface area contributed by atoms with Crippen LogP contribution in [0.15, 0.2) is 97.1 Å². The third-order valence-electron chi connectivity index (χ3n) is 5.86. The Morgan fingerprint density at radius 2 is 0.903 bits per heavy atom.